The average Bonchev–Trinajstić information content (AvgIpc) is 2.91. The molecule has 0 saturated carbocycles. The second kappa shape index (κ2) is 10.8. The van der Waals surface area contributed by atoms with Gasteiger partial charge in [-0.3, -0.25) is 14.2 Å². The maximum absolute atomic E-state index is 13.6. The molecule has 35 heavy (non-hydrogen) atoms. The number of nitrogens with one attached hydrogen (secondary N) is 1. The van der Waals surface area contributed by atoms with Crippen LogP contribution in [0.2, 0.25) is 0 Å². The number of fused-ring (bicyclic) bond motifs is 1. The molecule has 1 unspecified atom stereocenters. The van der Waals surface area contributed by atoms with E-state index >= 15 is 0 Å². The molecule has 1 N–H and O–H groups in total. The van der Waals surface area contributed by atoms with E-state index in [1.807, 2.05) is 47.4 Å². The van der Waals surface area contributed by atoms with Gasteiger partial charge in [-0.2, -0.15) is 0 Å². The molecular weight excluding hydrogens is 438 g/mol. The highest BCUT2D eigenvalue weighted by Gasteiger charge is 2.28. The Balaban J connectivity index is 1.33. The van der Waals surface area contributed by atoms with Crippen molar-refractivity contribution in [1.29, 1.82) is 0 Å². The van der Waals surface area contributed by atoms with Crippen LogP contribution in [0.3, 0.4) is 0 Å². The number of amides is 1. The number of allylic oxidation sites excluding steroid dienone is 1. The second-order valence-corrected chi connectivity index (χ2v) is 9.59. The molecule has 0 spiro atoms. The molecule has 1 saturated heterocycles. The number of carbonyl (C=O) groups is 1. The SMILES string of the molecule is O=C(NCCC1=CCCCC1)C1CCCN(c2nc3cccnc3n(Cc3ccccc3)c2=O)C1. The summed E-state index contributed by atoms with van der Waals surface area (Å²) >= 11 is 0. The van der Waals surface area contributed by atoms with Gasteiger partial charge in [-0.25, -0.2) is 9.97 Å². The van der Waals surface area contributed by atoms with Crippen molar-refractivity contribution in [2.75, 3.05) is 24.5 Å². The molecule has 1 fully saturated rings. The number of benzene rings is 1. The van der Waals surface area contributed by atoms with Crippen molar-refractivity contribution >= 4 is 22.9 Å². The zero-order valence-electron chi connectivity index (χ0n) is 20.2. The van der Waals surface area contributed by atoms with Crippen molar-refractivity contribution < 1.29 is 4.79 Å². The van der Waals surface area contributed by atoms with Crippen LogP contribution in [0.25, 0.3) is 11.2 Å². The van der Waals surface area contributed by atoms with Gasteiger partial charge in [-0.05, 0) is 62.6 Å². The highest BCUT2D eigenvalue weighted by Crippen LogP contribution is 2.23. The van der Waals surface area contributed by atoms with Crippen LogP contribution in [0.1, 0.15) is 50.5 Å². The van der Waals surface area contributed by atoms with Gasteiger partial charge in [-0.1, -0.05) is 42.0 Å². The highest BCUT2D eigenvalue weighted by molar-refractivity contribution is 5.79. The van der Waals surface area contributed by atoms with E-state index in [0.717, 1.165) is 44.2 Å². The van der Waals surface area contributed by atoms with Crippen molar-refractivity contribution in [2.45, 2.75) is 51.5 Å². The third-order valence-corrected chi connectivity index (χ3v) is 7.09. The summed E-state index contributed by atoms with van der Waals surface area (Å²) in [5.74, 6) is 0.349. The molecule has 1 aliphatic heterocycles. The number of aromatic nitrogens is 3. The van der Waals surface area contributed by atoms with Crippen LogP contribution in [-0.2, 0) is 11.3 Å². The zero-order valence-corrected chi connectivity index (χ0v) is 20.2. The van der Waals surface area contributed by atoms with Gasteiger partial charge >= 0.3 is 0 Å². The van der Waals surface area contributed by atoms with Gasteiger partial charge in [0.25, 0.3) is 5.56 Å². The van der Waals surface area contributed by atoms with Crippen molar-refractivity contribution in [2.24, 2.45) is 5.92 Å². The average molecular weight is 472 g/mol. The largest absolute Gasteiger partial charge is 0.355 e. The smallest absolute Gasteiger partial charge is 0.295 e. The van der Waals surface area contributed by atoms with Crippen LogP contribution in [-0.4, -0.2) is 40.1 Å². The molecule has 1 aromatic carbocycles. The van der Waals surface area contributed by atoms with E-state index in [1.165, 1.54) is 18.4 Å². The number of pyridine rings is 1. The van der Waals surface area contributed by atoms with Crippen molar-refractivity contribution in [1.82, 2.24) is 19.9 Å². The van der Waals surface area contributed by atoms with Gasteiger partial charge < -0.3 is 10.2 Å². The Morgan fingerprint density at radius 1 is 1.09 bits per heavy atom. The fourth-order valence-electron chi connectivity index (χ4n) is 5.19. The molecule has 7 heteroatoms. The number of hydrogen-bond acceptors (Lipinski definition) is 5. The molecule has 2 aliphatic rings. The molecule has 2 aromatic heterocycles. The molecule has 182 valence electrons. The van der Waals surface area contributed by atoms with Crippen molar-refractivity contribution in [3.8, 4) is 0 Å². The van der Waals surface area contributed by atoms with Crippen molar-refractivity contribution in [3.63, 3.8) is 0 Å². The lowest BCUT2D eigenvalue weighted by atomic mass is 9.96. The summed E-state index contributed by atoms with van der Waals surface area (Å²) in [7, 11) is 0. The van der Waals surface area contributed by atoms with E-state index in [4.69, 9.17) is 4.98 Å². The van der Waals surface area contributed by atoms with Gasteiger partial charge in [-0.15, -0.1) is 0 Å². The van der Waals surface area contributed by atoms with Crippen LogP contribution in [0.4, 0.5) is 5.82 Å². The number of piperidine rings is 1. The van der Waals surface area contributed by atoms with E-state index in [1.54, 1.807) is 10.8 Å². The Morgan fingerprint density at radius 3 is 2.80 bits per heavy atom. The quantitative estimate of drug-likeness (QED) is 0.526. The zero-order chi connectivity index (χ0) is 24.0. The van der Waals surface area contributed by atoms with Gasteiger partial charge in [0.1, 0.15) is 5.52 Å². The Hall–Kier alpha value is -3.48. The standard InChI is InChI=1S/C28H33N5O2/c34-27(30-17-15-21-9-3-1-4-10-21)23-13-8-18-32(20-23)26-28(35)33(19-22-11-5-2-6-12-22)25-24(31-26)14-7-16-29-25/h2,5-7,9,11-12,14,16,23H,1,3-4,8,10,13,15,17-20H2,(H,30,34). The second-order valence-electron chi connectivity index (χ2n) is 9.59. The van der Waals surface area contributed by atoms with Crippen LogP contribution in [0, 0.1) is 5.92 Å². The lowest BCUT2D eigenvalue weighted by Gasteiger charge is -2.32. The molecule has 1 atom stereocenters. The van der Waals surface area contributed by atoms with Gasteiger partial charge in [0.2, 0.25) is 5.91 Å². The lowest BCUT2D eigenvalue weighted by Crippen LogP contribution is -2.46. The van der Waals surface area contributed by atoms with Crippen LogP contribution in [0.5, 0.6) is 0 Å². The summed E-state index contributed by atoms with van der Waals surface area (Å²) < 4.78 is 1.70. The first-order valence-electron chi connectivity index (χ1n) is 12.8. The summed E-state index contributed by atoms with van der Waals surface area (Å²) in [5, 5.41) is 3.14. The Bertz CT molecular complexity index is 1270. The number of carbonyl (C=O) groups excluding carboxylic acids is 1. The van der Waals surface area contributed by atoms with Gasteiger partial charge in [0, 0.05) is 25.8 Å². The summed E-state index contributed by atoms with van der Waals surface area (Å²) in [6, 6.07) is 13.6. The molecular formula is C28H33N5O2. The van der Waals surface area contributed by atoms with Gasteiger partial charge in [0.05, 0.1) is 12.5 Å². The minimum Gasteiger partial charge on any atom is -0.355 e. The number of nitrogens with zero attached hydrogens (tertiary/aromatic N) is 4. The molecule has 3 aromatic rings. The first kappa shape index (κ1) is 23.3. The molecule has 5 rings (SSSR count). The maximum Gasteiger partial charge on any atom is 0.295 e. The van der Waals surface area contributed by atoms with E-state index in [0.29, 0.717) is 36.6 Å². The maximum atomic E-state index is 13.6. The van der Waals surface area contributed by atoms with E-state index < -0.39 is 0 Å². The summed E-state index contributed by atoms with van der Waals surface area (Å²) in [6.07, 6.45) is 11.5. The number of rotatable bonds is 7. The monoisotopic (exact) mass is 471 g/mol. The predicted molar refractivity (Wildman–Crippen MR) is 138 cm³/mol. The molecule has 0 bridgehead atoms. The molecule has 1 amide bonds. The molecule has 3 heterocycles. The van der Waals surface area contributed by atoms with E-state index in [2.05, 4.69) is 16.4 Å². The highest BCUT2D eigenvalue weighted by atomic mass is 16.2. The molecule has 7 nitrogen and oxygen atoms in total. The first-order chi connectivity index (χ1) is 17.2. The fourth-order valence-corrected chi connectivity index (χ4v) is 5.19. The first-order valence-corrected chi connectivity index (χ1v) is 12.8. The van der Waals surface area contributed by atoms with Crippen LogP contribution >= 0.6 is 0 Å². The van der Waals surface area contributed by atoms with E-state index in [9.17, 15) is 9.59 Å². The van der Waals surface area contributed by atoms with E-state index in [-0.39, 0.29) is 17.4 Å². The minimum absolute atomic E-state index is 0.0816. The summed E-state index contributed by atoms with van der Waals surface area (Å²) in [4.78, 5) is 37.7. The fraction of sp³-hybridized carbons (Fsp3) is 0.429. The number of hydrogen-bond donors (Lipinski definition) is 1. The Kier molecular flexibility index (Phi) is 7.21. The normalized spacial score (nSPS) is 18.3. The Morgan fingerprint density at radius 2 is 1.97 bits per heavy atom. The number of anilines is 1. The van der Waals surface area contributed by atoms with Gasteiger partial charge in [0.15, 0.2) is 11.5 Å². The Labute approximate surface area is 205 Å². The van der Waals surface area contributed by atoms with Crippen molar-refractivity contribution in [3.05, 3.63) is 76.2 Å². The predicted octanol–water partition coefficient (Wildman–Crippen LogP) is 4.06. The third-order valence-electron chi connectivity index (χ3n) is 7.09. The summed E-state index contributed by atoms with van der Waals surface area (Å²) in [5.41, 5.74) is 3.60. The lowest BCUT2D eigenvalue weighted by molar-refractivity contribution is -0.125. The molecule has 0 radical (unpaired) electrons. The minimum atomic E-state index is -0.162. The van der Waals surface area contributed by atoms with Crippen LogP contribution in [0.15, 0.2) is 65.1 Å². The summed E-state index contributed by atoms with van der Waals surface area (Å²) in [6.45, 7) is 2.34. The topological polar surface area (TPSA) is 80.1 Å². The molecule has 1 aliphatic carbocycles. The third kappa shape index (κ3) is 5.45. The van der Waals surface area contributed by atoms with Crippen LogP contribution < -0.4 is 15.8 Å².